The molecule has 0 bridgehead atoms. The van der Waals surface area contributed by atoms with Gasteiger partial charge in [0.1, 0.15) is 6.67 Å². The molecule has 8 heavy (non-hydrogen) atoms. The summed E-state index contributed by atoms with van der Waals surface area (Å²) in [5, 5.41) is 8.35. The first kappa shape index (κ1) is 7.36. The molecule has 0 unspecified atom stereocenters. The van der Waals surface area contributed by atoms with Gasteiger partial charge in [0.2, 0.25) is 5.91 Å². The minimum atomic E-state index is -1.22. The van der Waals surface area contributed by atoms with Crippen LogP contribution in [0, 0.1) is 0 Å². The van der Waals surface area contributed by atoms with Crippen LogP contribution >= 0.6 is 0 Å². The van der Waals surface area contributed by atoms with Crippen molar-refractivity contribution in [3.05, 3.63) is 0 Å². The van der Waals surface area contributed by atoms with Gasteiger partial charge < -0.3 is 10.8 Å². The number of alkyl halides is 1. The highest BCUT2D eigenvalue weighted by molar-refractivity contribution is 5.74. The Morgan fingerprint density at radius 1 is 1.88 bits per heavy atom. The summed E-state index contributed by atoms with van der Waals surface area (Å²) in [5.41, 5.74) is 4.60. The topological polar surface area (TPSA) is 63.3 Å². The van der Waals surface area contributed by atoms with Crippen LogP contribution in [0.3, 0.4) is 0 Å². The largest absolute Gasteiger partial charge is 0.390 e. The van der Waals surface area contributed by atoms with Crippen molar-refractivity contribution >= 4 is 5.91 Å². The van der Waals surface area contributed by atoms with Gasteiger partial charge in [-0.2, -0.15) is 0 Å². The number of carbonyl (C=O) groups excluding carboxylic acids is 1. The van der Waals surface area contributed by atoms with E-state index in [0.717, 1.165) is 0 Å². The molecular formula is C4H8FNO2. The maximum atomic E-state index is 11.3. The molecule has 0 spiro atoms. The molecule has 3 nitrogen and oxygen atoms in total. The lowest BCUT2D eigenvalue weighted by molar-refractivity contribution is -0.120. The highest BCUT2D eigenvalue weighted by Crippen LogP contribution is 1.88. The van der Waals surface area contributed by atoms with Gasteiger partial charge >= 0.3 is 0 Å². The highest BCUT2D eigenvalue weighted by atomic mass is 19.1. The van der Waals surface area contributed by atoms with Crippen molar-refractivity contribution in [3.63, 3.8) is 0 Å². The molecule has 4 heteroatoms. The second-order valence-corrected chi connectivity index (χ2v) is 1.48. The van der Waals surface area contributed by atoms with Gasteiger partial charge in [-0.05, 0) is 0 Å². The highest BCUT2D eigenvalue weighted by Gasteiger charge is 2.05. The molecule has 0 saturated carbocycles. The molecule has 1 atom stereocenters. The molecule has 1 amide bonds. The molecule has 0 radical (unpaired) electrons. The van der Waals surface area contributed by atoms with Crippen molar-refractivity contribution in [2.45, 2.75) is 12.5 Å². The predicted octanol–water partition coefficient (Wildman–Crippen LogP) is -0.808. The van der Waals surface area contributed by atoms with Crippen molar-refractivity contribution in [2.75, 3.05) is 6.67 Å². The van der Waals surface area contributed by atoms with Crippen LogP contribution in [0.2, 0.25) is 0 Å². The van der Waals surface area contributed by atoms with Crippen LogP contribution < -0.4 is 5.73 Å². The van der Waals surface area contributed by atoms with Crippen LogP contribution in [0.5, 0.6) is 0 Å². The maximum Gasteiger partial charge on any atom is 0.220 e. The third-order valence-corrected chi connectivity index (χ3v) is 0.615. The number of nitrogens with two attached hydrogens (primary N) is 1. The number of amides is 1. The number of hydrogen-bond acceptors (Lipinski definition) is 2. The summed E-state index contributed by atoms with van der Waals surface area (Å²) in [6.07, 6.45) is -1.51. The van der Waals surface area contributed by atoms with Crippen molar-refractivity contribution in [1.29, 1.82) is 0 Å². The lowest BCUT2D eigenvalue weighted by Gasteiger charge is -1.98. The Kier molecular flexibility index (Phi) is 3.10. The Hall–Kier alpha value is -0.640. The van der Waals surface area contributed by atoms with E-state index >= 15 is 0 Å². The van der Waals surface area contributed by atoms with E-state index in [1.54, 1.807) is 0 Å². The number of halogens is 1. The van der Waals surface area contributed by atoms with Gasteiger partial charge in [-0.1, -0.05) is 0 Å². The van der Waals surface area contributed by atoms with Crippen molar-refractivity contribution in [2.24, 2.45) is 5.73 Å². The van der Waals surface area contributed by atoms with E-state index in [1.165, 1.54) is 0 Å². The van der Waals surface area contributed by atoms with Gasteiger partial charge in [0.25, 0.3) is 0 Å². The molecule has 0 aliphatic heterocycles. The molecule has 0 aromatic rings. The molecule has 0 aromatic carbocycles. The van der Waals surface area contributed by atoms with Crippen LogP contribution in [-0.4, -0.2) is 23.8 Å². The van der Waals surface area contributed by atoms with Crippen molar-refractivity contribution in [3.8, 4) is 0 Å². The van der Waals surface area contributed by atoms with Crippen LogP contribution in [0.25, 0.3) is 0 Å². The van der Waals surface area contributed by atoms with Gasteiger partial charge in [0, 0.05) is 0 Å². The fourth-order valence-electron chi connectivity index (χ4n) is 0.287. The summed E-state index contributed by atoms with van der Waals surface area (Å²) in [4.78, 5) is 9.86. The Balaban J connectivity index is 3.24. The van der Waals surface area contributed by atoms with E-state index in [0.29, 0.717) is 0 Å². The molecule has 3 N–H and O–H groups in total. The summed E-state index contributed by atoms with van der Waals surface area (Å²) >= 11 is 0. The fourth-order valence-corrected chi connectivity index (χ4v) is 0.287. The fraction of sp³-hybridized carbons (Fsp3) is 0.750. The molecule has 0 rings (SSSR count). The number of aliphatic hydroxyl groups excluding tert-OH is 1. The molecular weight excluding hydrogens is 113 g/mol. The first-order valence-electron chi connectivity index (χ1n) is 2.19. The lowest BCUT2D eigenvalue weighted by Crippen LogP contribution is -2.20. The molecule has 0 aliphatic rings. The van der Waals surface area contributed by atoms with Crippen LogP contribution in [0.4, 0.5) is 4.39 Å². The first-order valence-corrected chi connectivity index (χ1v) is 2.19. The third-order valence-electron chi connectivity index (χ3n) is 0.615. The average Bonchev–Trinajstić information content (AvgIpc) is 1.65. The Bertz CT molecular complexity index is 86.1. The Morgan fingerprint density at radius 2 is 2.38 bits per heavy atom. The summed E-state index contributed by atoms with van der Waals surface area (Å²) in [7, 11) is 0. The van der Waals surface area contributed by atoms with Gasteiger partial charge in [0.15, 0.2) is 0 Å². The SMILES string of the molecule is NC(=O)C[C@@H](O)CF. The van der Waals surface area contributed by atoms with Gasteiger partial charge in [-0.3, -0.25) is 4.79 Å². The standard InChI is InChI=1S/C4H8FNO2/c5-2-3(7)1-4(6)8/h3,7H,1-2H2,(H2,6,8)/t3-/m1/s1. The smallest absolute Gasteiger partial charge is 0.220 e. The minimum Gasteiger partial charge on any atom is -0.390 e. The molecule has 0 aliphatic carbocycles. The number of aliphatic hydroxyl groups is 1. The normalized spacial score (nSPS) is 13.2. The van der Waals surface area contributed by atoms with E-state index in [9.17, 15) is 9.18 Å². The van der Waals surface area contributed by atoms with Crippen LogP contribution in [-0.2, 0) is 4.79 Å². The zero-order valence-corrected chi connectivity index (χ0v) is 4.30. The molecule has 0 aromatic heterocycles. The van der Waals surface area contributed by atoms with Gasteiger partial charge in [0.05, 0.1) is 12.5 Å². The van der Waals surface area contributed by atoms with E-state index in [-0.39, 0.29) is 6.42 Å². The second kappa shape index (κ2) is 3.37. The van der Waals surface area contributed by atoms with Crippen LogP contribution in [0.15, 0.2) is 0 Å². The molecule has 0 fully saturated rings. The lowest BCUT2D eigenvalue weighted by atomic mass is 10.3. The predicted molar refractivity (Wildman–Crippen MR) is 25.8 cm³/mol. The summed E-state index contributed by atoms with van der Waals surface area (Å²) in [5.74, 6) is -0.685. The summed E-state index contributed by atoms with van der Waals surface area (Å²) in [6, 6.07) is 0. The third kappa shape index (κ3) is 3.55. The summed E-state index contributed by atoms with van der Waals surface area (Å²) < 4.78 is 11.3. The monoisotopic (exact) mass is 121 g/mol. The quantitative estimate of drug-likeness (QED) is 0.513. The van der Waals surface area contributed by atoms with Gasteiger partial charge in [-0.25, -0.2) is 4.39 Å². The Morgan fingerprint density at radius 3 is 2.50 bits per heavy atom. The van der Waals surface area contributed by atoms with Gasteiger partial charge in [-0.15, -0.1) is 0 Å². The van der Waals surface area contributed by atoms with E-state index in [2.05, 4.69) is 5.73 Å². The van der Waals surface area contributed by atoms with E-state index in [1.807, 2.05) is 0 Å². The van der Waals surface area contributed by atoms with E-state index < -0.39 is 18.7 Å². The summed E-state index contributed by atoms with van der Waals surface area (Å²) in [6.45, 7) is -0.914. The van der Waals surface area contributed by atoms with Crippen LogP contribution in [0.1, 0.15) is 6.42 Å². The number of rotatable bonds is 3. The first-order chi connectivity index (χ1) is 3.66. The van der Waals surface area contributed by atoms with Crippen molar-refractivity contribution < 1.29 is 14.3 Å². The Labute approximate surface area is 46.3 Å². The number of carbonyl (C=O) groups is 1. The molecule has 0 saturated heterocycles. The minimum absolute atomic E-state index is 0.295. The maximum absolute atomic E-state index is 11.3. The zero-order chi connectivity index (χ0) is 6.57. The van der Waals surface area contributed by atoms with Crippen molar-refractivity contribution in [1.82, 2.24) is 0 Å². The molecule has 48 valence electrons. The average molecular weight is 121 g/mol. The van der Waals surface area contributed by atoms with E-state index in [4.69, 9.17) is 5.11 Å². The second-order valence-electron chi connectivity index (χ2n) is 1.48. The molecule has 0 heterocycles. The zero-order valence-electron chi connectivity index (χ0n) is 4.30. The number of hydrogen-bond donors (Lipinski definition) is 2. The number of primary amides is 1.